The summed E-state index contributed by atoms with van der Waals surface area (Å²) in [6.07, 6.45) is 0.237. The second-order valence-electron chi connectivity index (χ2n) is 5.63. The van der Waals surface area contributed by atoms with Gasteiger partial charge < -0.3 is 10.2 Å². The zero-order valence-corrected chi connectivity index (χ0v) is 13.1. The van der Waals surface area contributed by atoms with Gasteiger partial charge >= 0.3 is 0 Å². The van der Waals surface area contributed by atoms with Crippen LogP contribution in [0, 0.1) is 12.7 Å². The van der Waals surface area contributed by atoms with Crippen LogP contribution in [0.1, 0.15) is 17.4 Å². The molecule has 2 heterocycles. The first kappa shape index (κ1) is 16.0. The van der Waals surface area contributed by atoms with Crippen molar-refractivity contribution < 1.29 is 14.0 Å². The van der Waals surface area contributed by atoms with E-state index in [2.05, 4.69) is 20.8 Å². The first-order valence-corrected chi connectivity index (χ1v) is 7.59. The Morgan fingerprint density at radius 3 is 2.96 bits per heavy atom. The predicted octanol–water partition coefficient (Wildman–Crippen LogP) is -0.137. The Labute approximate surface area is 137 Å². The zero-order valence-electron chi connectivity index (χ0n) is 13.1. The van der Waals surface area contributed by atoms with Gasteiger partial charge in [-0.1, -0.05) is 12.1 Å². The standard InChI is InChI=1S/C15H17FN6O2/c1-10-18-19-20-22(10)13(8-11-3-2-4-12(16)7-11)15(24)21-6-5-17-14(23)9-21/h2-4,7,13H,5-6,8-9H2,1H3,(H,17,23)/t13-/m1/s1. The monoisotopic (exact) mass is 332 g/mol. The van der Waals surface area contributed by atoms with Crippen LogP contribution in [0.25, 0.3) is 0 Å². The van der Waals surface area contributed by atoms with Crippen LogP contribution in [0.2, 0.25) is 0 Å². The van der Waals surface area contributed by atoms with Gasteiger partial charge in [-0.05, 0) is 35.0 Å². The van der Waals surface area contributed by atoms with E-state index >= 15 is 0 Å². The molecule has 1 aliphatic rings. The van der Waals surface area contributed by atoms with Crippen LogP contribution < -0.4 is 5.32 Å². The highest BCUT2D eigenvalue weighted by Crippen LogP contribution is 2.19. The summed E-state index contributed by atoms with van der Waals surface area (Å²) < 4.78 is 14.9. The molecule has 8 nitrogen and oxygen atoms in total. The highest BCUT2D eigenvalue weighted by molar-refractivity contribution is 5.87. The van der Waals surface area contributed by atoms with E-state index in [1.165, 1.54) is 21.7 Å². The largest absolute Gasteiger partial charge is 0.353 e. The van der Waals surface area contributed by atoms with Crippen LogP contribution in [-0.2, 0) is 16.0 Å². The quantitative estimate of drug-likeness (QED) is 0.841. The Balaban J connectivity index is 1.88. The predicted molar refractivity (Wildman–Crippen MR) is 81.3 cm³/mol. The maximum absolute atomic E-state index is 13.5. The van der Waals surface area contributed by atoms with Crippen LogP contribution in [-0.4, -0.2) is 56.6 Å². The number of carbonyl (C=O) groups excluding carboxylic acids is 2. The normalized spacial score (nSPS) is 15.9. The molecule has 1 fully saturated rings. The van der Waals surface area contributed by atoms with Gasteiger partial charge in [-0.3, -0.25) is 9.59 Å². The van der Waals surface area contributed by atoms with Crippen molar-refractivity contribution in [2.75, 3.05) is 19.6 Å². The van der Waals surface area contributed by atoms with Gasteiger partial charge in [-0.2, -0.15) is 0 Å². The SMILES string of the molecule is Cc1nnnn1[C@H](Cc1cccc(F)c1)C(=O)N1CCNC(=O)C1. The van der Waals surface area contributed by atoms with Crippen LogP contribution in [0.4, 0.5) is 4.39 Å². The van der Waals surface area contributed by atoms with Crippen molar-refractivity contribution in [2.45, 2.75) is 19.4 Å². The number of nitrogens with zero attached hydrogens (tertiary/aromatic N) is 5. The van der Waals surface area contributed by atoms with E-state index in [0.29, 0.717) is 24.5 Å². The summed E-state index contributed by atoms with van der Waals surface area (Å²) in [6, 6.07) is 5.33. The molecule has 0 bridgehead atoms. The smallest absolute Gasteiger partial charge is 0.248 e. The van der Waals surface area contributed by atoms with Crippen molar-refractivity contribution in [2.24, 2.45) is 0 Å². The molecule has 2 amide bonds. The summed E-state index contributed by atoms with van der Waals surface area (Å²) >= 11 is 0. The van der Waals surface area contributed by atoms with E-state index in [1.54, 1.807) is 19.1 Å². The molecule has 1 aliphatic heterocycles. The van der Waals surface area contributed by atoms with Crippen molar-refractivity contribution in [1.82, 2.24) is 30.4 Å². The van der Waals surface area contributed by atoms with Gasteiger partial charge in [0.15, 0.2) is 0 Å². The van der Waals surface area contributed by atoms with Gasteiger partial charge in [0.05, 0.1) is 6.54 Å². The van der Waals surface area contributed by atoms with E-state index in [4.69, 9.17) is 0 Å². The first-order chi connectivity index (χ1) is 11.5. The molecule has 0 unspecified atom stereocenters. The Kier molecular flexibility index (Phi) is 4.50. The Morgan fingerprint density at radius 2 is 2.29 bits per heavy atom. The lowest BCUT2D eigenvalue weighted by Crippen LogP contribution is -2.52. The molecule has 1 aromatic heterocycles. The number of hydrogen-bond donors (Lipinski definition) is 1. The minimum Gasteiger partial charge on any atom is -0.353 e. The van der Waals surface area contributed by atoms with Gasteiger partial charge in [0, 0.05) is 19.5 Å². The van der Waals surface area contributed by atoms with Crippen molar-refractivity contribution in [3.05, 3.63) is 41.5 Å². The van der Waals surface area contributed by atoms with Gasteiger partial charge in [-0.25, -0.2) is 9.07 Å². The molecule has 0 radical (unpaired) electrons. The molecule has 0 aliphatic carbocycles. The summed E-state index contributed by atoms with van der Waals surface area (Å²) in [4.78, 5) is 26.0. The number of carbonyl (C=O) groups is 2. The highest BCUT2D eigenvalue weighted by atomic mass is 19.1. The van der Waals surface area contributed by atoms with Crippen molar-refractivity contribution in [3.63, 3.8) is 0 Å². The van der Waals surface area contributed by atoms with E-state index in [9.17, 15) is 14.0 Å². The summed E-state index contributed by atoms with van der Waals surface area (Å²) in [7, 11) is 0. The molecule has 2 aromatic rings. The molecule has 1 saturated heterocycles. The second-order valence-corrected chi connectivity index (χ2v) is 5.63. The van der Waals surface area contributed by atoms with Crippen LogP contribution in [0.15, 0.2) is 24.3 Å². The first-order valence-electron chi connectivity index (χ1n) is 7.59. The number of benzene rings is 1. The summed E-state index contributed by atoms with van der Waals surface area (Å²) in [5.41, 5.74) is 0.657. The Morgan fingerprint density at radius 1 is 1.46 bits per heavy atom. The highest BCUT2D eigenvalue weighted by Gasteiger charge is 2.31. The molecule has 1 atom stereocenters. The minimum absolute atomic E-state index is 0.000340. The van der Waals surface area contributed by atoms with Gasteiger partial charge in [0.2, 0.25) is 11.8 Å². The number of tetrazole rings is 1. The lowest BCUT2D eigenvalue weighted by Gasteiger charge is -2.30. The number of rotatable bonds is 4. The number of aryl methyl sites for hydroxylation is 1. The molecule has 24 heavy (non-hydrogen) atoms. The molecule has 0 saturated carbocycles. The average molecular weight is 332 g/mol. The number of nitrogens with one attached hydrogen (secondary N) is 1. The van der Waals surface area contributed by atoms with Gasteiger partial charge in [0.1, 0.15) is 17.7 Å². The third-order valence-corrected chi connectivity index (χ3v) is 3.91. The maximum Gasteiger partial charge on any atom is 0.248 e. The van der Waals surface area contributed by atoms with E-state index in [1.807, 2.05) is 0 Å². The molecule has 9 heteroatoms. The number of amides is 2. The number of piperazine rings is 1. The summed E-state index contributed by atoms with van der Waals surface area (Å²) in [6.45, 7) is 2.52. The Hall–Kier alpha value is -2.84. The molecule has 3 rings (SSSR count). The van der Waals surface area contributed by atoms with E-state index < -0.39 is 6.04 Å². The number of hydrogen-bond acceptors (Lipinski definition) is 5. The van der Waals surface area contributed by atoms with Gasteiger partial charge in [-0.15, -0.1) is 5.10 Å². The molecular formula is C15H17FN6O2. The fourth-order valence-electron chi connectivity index (χ4n) is 2.73. The van der Waals surface area contributed by atoms with Crippen molar-refractivity contribution in [3.8, 4) is 0 Å². The molecule has 1 aromatic carbocycles. The molecule has 126 valence electrons. The van der Waals surface area contributed by atoms with Gasteiger partial charge in [0.25, 0.3) is 0 Å². The van der Waals surface area contributed by atoms with Crippen molar-refractivity contribution >= 4 is 11.8 Å². The summed E-state index contributed by atoms with van der Waals surface area (Å²) in [5.74, 6) is -0.354. The second kappa shape index (κ2) is 6.73. The van der Waals surface area contributed by atoms with E-state index in [-0.39, 0.29) is 30.6 Å². The molecule has 1 N–H and O–H groups in total. The fourth-order valence-corrected chi connectivity index (χ4v) is 2.73. The number of halogens is 1. The molecule has 0 spiro atoms. The summed E-state index contributed by atoms with van der Waals surface area (Å²) in [5, 5.41) is 14.0. The van der Waals surface area contributed by atoms with Crippen LogP contribution >= 0.6 is 0 Å². The average Bonchev–Trinajstić information content (AvgIpc) is 2.98. The zero-order chi connectivity index (χ0) is 17.1. The van der Waals surface area contributed by atoms with Crippen LogP contribution in [0.5, 0.6) is 0 Å². The minimum atomic E-state index is -0.729. The van der Waals surface area contributed by atoms with E-state index in [0.717, 1.165) is 0 Å². The van der Waals surface area contributed by atoms with Crippen molar-refractivity contribution in [1.29, 1.82) is 0 Å². The topological polar surface area (TPSA) is 93.0 Å². The lowest BCUT2D eigenvalue weighted by atomic mass is 10.0. The maximum atomic E-state index is 13.5. The lowest BCUT2D eigenvalue weighted by molar-refractivity contribution is -0.141. The third-order valence-electron chi connectivity index (χ3n) is 3.91. The van der Waals surface area contributed by atoms with Crippen LogP contribution in [0.3, 0.4) is 0 Å². The Bertz CT molecular complexity index is 762. The number of aromatic nitrogens is 4. The fraction of sp³-hybridized carbons (Fsp3) is 0.400. The molecular weight excluding hydrogens is 315 g/mol. The third kappa shape index (κ3) is 3.39.